The third-order valence-corrected chi connectivity index (χ3v) is 6.62. The smallest absolute Gasteiger partial charge is 0.321 e. The normalized spacial score (nSPS) is 13.4. The molecule has 19 heavy (non-hydrogen) atoms. The first-order chi connectivity index (χ1) is 8.77. The molecule has 1 atom stereocenters. The highest BCUT2D eigenvalue weighted by atomic mass is 79.9. The summed E-state index contributed by atoms with van der Waals surface area (Å²) in [6, 6.07) is 0.446. The molecule has 0 aliphatic heterocycles. The van der Waals surface area contributed by atoms with Crippen LogP contribution in [0.4, 0.5) is 0 Å². The Labute approximate surface area is 125 Å². The molecule has 0 amide bonds. The summed E-state index contributed by atoms with van der Waals surface area (Å²) in [6.07, 6.45) is 1.76. The van der Waals surface area contributed by atoms with Crippen LogP contribution >= 0.6 is 27.3 Å². The number of carboxylic acid groups (broad SMARTS) is 1. The molecule has 0 unspecified atom stereocenters. The van der Waals surface area contributed by atoms with Gasteiger partial charge in [-0.2, -0.15) is 4.72 Å². The molecule has 1 aromatic heterocycles. The maximum atomic E-state index is 12.1. The number of rotatable bonds is 7. The maximum absolute atomic E-state index is 12.1. The van der Waals surface area contributed by atoms with Crippen molar-refractivity contribution in [3.8, 4) is 0 Å². The summed E-state index contributed by atoms with van der Waals surface area (Å²) in [7, 11) is -3.78. The lowest BCUT2D eigenvalue weighted by atomic mass is 10.1. The summed E-state index contributed by atoms with van der Waals surface area (Å²) in [6.45, 7) is 3.71. The number of carboxylic acids is 1. The Bertz CT molecular complexity index is 534. The number of unbranched alkanes of at least 4 members (excludes halogenated alkanes) is 1. The highest BCUT2D eigenvalue weighted by Crippen LogP contribution is 2.30. The minimum absolute atomic E-state index is 0.125. The van der Waals surface area contributed by atoms with Crippen LogP contribution in [0.5, 0.6) is 0 Å². The van der Waals surface area contributed by atoms with E-state index in [1.54, 1.807) is 6.92 Å². The lowest BCUT2D eigenvalue weighted by Gasteiger charge is -2.13. The van der Waals surface area contributed by atoms with E-state index >= 15 is 0 Å². The van der Waals surface area contributed by atoms with Crippen LogP contribution in [0.25, 0.3) is 0 Å². The molecule has 0 aliphatic rings. The van der Waals surface area contributed by atoms with E-state index in [1.165, 1.54) is 6.07 Å². The number of nitrogens with one attached hydrogen (secondary N) is 1. The molecule has 0 aliphatic carbocycles. The van der Waals surface area contributed by atoms with Crippen LogP contribution in [0, 0.1) is 6.92 Å². The van der Waals surface area contributed by atoms with Gasteiger partial charge in [0.15, 0.2) is 0 Å². The molecule has 2 N–H and O–H groups in total. The van der Waals surface area contributed by atoms with Crippen LogP contribution in [-0.2, 0) is 14.8 Å². The second-order valence-electron chi connectivity index (χ2n) is 4.18. The van der Waals surface area contributed by atoms with Crippen molar-refractivity contribution >= 4 is 43.3 Å². The SMILES string of the molecule is CCCC[C@H](NS(=O)(=O)c1cc(C)c(Br)s1)C(=O)O. The van der Waals surface area contributed by atoms with E-state index < -0.39 is 22.0 Å². The minimum Gasteiger partial charge on any atom is -0.480 e. The third-order valence-electron chi connectivity index (χ3n) is 2.54. The Kier molecular flexibility index (Phi) is 5.97. The molecule has 0 aromatic carbocycles. The van der Waals surface area contributed by atoms with Gasteiger partial charge < -0.3 is 5.11 Å². The lowest BCUT2D eigenvalue weighted by molar-refractivity contribution is -0.139. The zero-order valence-corrected chi connectivity index (χ0v) is 13.9. The maximum Gasteiger partial charge on any atom is 0.321 e. The highest BCUT2D eigenvalue weighted by Gasteiger charge is 2.26. The number of hydrogen-bond donors (Lipinski definition) is 2. The fourth-order valence-corrected chi connectivity index (χ4v) is 4.92. The number of aliphatic carboxylic acids is 1. The number of hydrogen-bond acceptors (Lipinski definition) is 4. The van der Waals surface area contributed by atoms with Crippen molar-refractivity contribution in [1.29, 1.82) is 0 Å². The largest absolute Gasteiger partial charge is 0.480 e. The van der Waals surface area contributed by atoms with Crippen molar-refractivity contribution in [2.24, 2.45) is 0 Å². The standard InChI is InChI=1S/C11H16BrNO4S2/c1-3-4-5-8(11(14)15)13-19(16,17)9-6-7(2)10(12)18-9/h6,8,13H,3-5H2,1-2H3,(H,14,15)/t8-/m0/s1. The fraction of sp³-hybridized carbons (Fsp3) is 0.545. The van der Waals surface area contributed by atoms with Crippen LogP contribution in [0.1, 0.15) is 31.7 Å². The van der Waals surface area contributed by atoms with Crippen molar-refractivity contribution in [2.45, 2.75) is 43.4 Å². The summed E-state index contributed by atoms with van der Waals surface area (Å²) in [5, 5.41) is 9.04. The highest BCUT2D eigenvalue weighted by molar-refractivity contribution is 9.11. The van der Waals surface area contributed by atoms with E-state index in [1.807, 2.05) is 6.92 Å². The van der Waals surface area contributed by atoms with E-state index in [0.717, 1.165) is 27.1 Å². The topological polar surface area (TPSA) is 83.5 Å². The summed E-state index contributed by atoms with van der Waals surface area (Å²) < 4.78 is 27.3. The van der Waals surface area contributed by atoms with Gasteiger partial charge >= 0.3 is 5.97 Å². The molecule has 8 heteroatoms. The average Bonchev–Trinajstić information content (AvgIpc) is 2.65. The van der Waals surface area contributed by atoms with Crippen LogP contribution in [-0.4, -0.2) is 25.5 Å². The number of sulfonamides is 1. The fourth-order valence-electron chi connectivity index (χ4n) is 1.45. The first-order valence-electron chi connectivity index (χ1n) is 5.79. The van der Waals surface area contributed by atoms with E-state index in [0.29, 0.717) is 6.42 Å². The first kappa shape index (κ1) is 16.6. The van der Waals surface area contributed by atoms with Gasteiger partial charge in [0.05, 0.1) is 3.79 Å². The molecular formula is C11H16BrNO4S2. The molecule has 0 radical (unpaired) electrons. The second kappa shape index (κ2) is 6.83. The Morgan fingerprint density at radius 3 is 2.63 bits per heavy atom. The number of thiophene rings is 1. The Morgan fingerprint density at radius 1 is 1.58 bits per heavy atom. The minimum atomic E-state index is -3.78. The lowest BCUT2D eigenvalue weighted by Crippen LogP contribution is -2.40. The zero-order valence-electron chi connectivity index (χ0n) is 10.6. The monoisotopic (exact) mass is 369 g/mol. The number of carbonyl (C=O) groups is 1. The Morgan fingerprint density at radius 2 is 2.21 bits per heavy atom. The van der Waals surface area contributed by atoms with Gasteiger partial charge in [0.25, 0.3) is 10.0 Å². The molecule has 1 heterocycles. The van der Waals surface area contributed by atoms with Gasteiger partial charge in [-0.3, -0.25) is 4.79 Å². The number of aryl methyl sites for hydroxylation is 1. The van der Waals surface area contributed by atoms with Gasteiger partial charge in [-0.1, -0.05) is 19.8 Å². The molecule has 0 saturated heterocycles. The van der Waals surface area contributed by atoms with Gasteiger partial charge in [-0.15, -0.1) is 11.3 Å². The Balaban J connectivity index is 2.90. The van der Waals surface area contributed by atoms with Crippen molar-refractivity contribution in [2.75, 3.05) is 0 Å². The number of halogens is 1. The van der Waals surface area contributed by atoms with Crippen LogP contribution < -0.4 is 4.72 Å². The molecule has 0 bridgehead atoms. The summed E-state index contributed by atoms with van der Waals surface area (Å²) in [4.78, 5) is 11.1. The van der Waals surface area contributed by atoms with Crippen molar-refractivity contribution in [3.63, 3.8) is 0 Å². The summed E-state index contributed by atoms with van der Waals surface area (Å²) in [5.41, 5.74) is 0.811. The van der Waals surface area contributed by atoms with Crippen molar-refractivity contribution in [3.05, 3.63) is 15.4 Å². The van der Waals surface area contributed by atoms with E-state index in [-0.39, 0.29) is 10.6 Å². The molecule has 108 valence electrons. The van der Waals surface area contributed by atoms with Crippen LogP contribution in [0.2, 0.25) is 0 Å². The molecule has 0 fully saturated rings. The molecule has 0 spiro atoms. The molecule has 0 saturated carbocycles. The Hall–Kier alpha value is -0.440. The van der Waals surface area contributed by atoms with Gasteiger partial charge in [0, 0.05) is 0 Å². The molecular weight excluding hydrogens is 354 g/mol. The quantitative estimate of drug-likeness (QED) is 0.773. The molecule has 1 aromatic rings. The predicted molar refractivity (Wildman–Crippen MR) is 78.0 cm³/mol. The molecule has 5 nitrogen and oxygen atoms in total. The average molecular weight is 370 g/mol. The summed E-state index contributed by atoms with van der Waals surface area (Å²) >= 11 is 4.33. The zero-order chi connectivity index (χ0) is 14.6. The van der Waals surface area contributed by atoms with Gasteiger partial charge in [0.2, 0.25) is 0 Å². The van der Waals surface area contributed by atoms with E-state index in [4.69, 9.17) is 5.11 Å². The second-order valence-corrected chi connectivity index (χ2v) is 8.49. The van der Waals surface area contributed by atoms with Crippen molar-refractivity contribution < 1.29 is 18.3 Å². The molecule has 1 rings (SSSR count). The van der Waals surface area contributed by atoms with Crippen molar-refractivity contribution in [1.82, 2.24) is 4.72 Å². The van der Waals surface area contributed by atoms with E-state index in [9.17, 15) is 13.2 Å². The summed E-state index contributed by atoms with van der Waals surface area (Å²) in [5.74, 6) is -1.15. The van der Waals surface area contributed by atoms with Crippen LogP contribution in [0.15, 0.2) is 14.1 Å². The van der Waals surface area contributed by atoms with Gasteiger partial charge in [-0.05, 0) is 40.9 Å². The first-order valence-corrected chi connectivity index (χ1v) is 8.88. The third kappa shape index (κ3) is 4.55. The van der Waals surface area contributed by atoms with E-state index in [2.05, 4.69) is 20.7 Å². The predicted octanol–water partition coefficient (Wildman–Crippen LogP) is 2.74. The van der Waals surface area contributed by atoms with Crippen LogP contribution in [0.3, 0.4) is 0 Å². The van der Waals surface area contributed by atoms with Gasteiger partial charge in [-0.25, -0.2) is 8.42 Å². The van der Waals surface area contributed by atoms with Gasteiger partial charge in [0.1, 0.15) is 10.3 Å².